The van der Waals surface area contributed by atoms with Gasteiger partial charge in [0.1, 0.15) is 11.5 Å². The molecular formula is C46H47N5O12. The van der Waals surface area contributed by atoms with Gasteiger partial charge < -0.3 is 55.2 Å². The molecule has 0 saturated carbocycles. The van der Waals surface area contributed by atoms with Crippen LogP contribution in [0.5, 0.6) is 34.5 Å². The third kappa shape index (κ3) is 12.0. The molecule has 328 valence electrons. The van der Waals surface area contributed by atoms with Gasteiger partial charge in [-0.15, -0.1) is 0 Å². The number of para-hydroxylation sites is 2. The molecule has 5 rings (SSSR count). The molecule has 0 fully saturated rings. The largest absolute Gasteiger partial charge is 0.504 e. The number of methoxy groups -OCH3 is 4. The first-order valence-corrected chi connectivity index (χ1v) is 19.4. The van der Waals surface area contributed by atoms with Gasteiger partial charge in [0.2, 0.25) is 11.8 Å². The van der Waals surface area contributed by atoms with Gasteiger partial charge in [-0.2, -0.15) is 0 Å². The molecule has 4 amide bonds. The number of hydrogen-bond donors (Lipinski definition) is 6. The third-order valence-electron chi connectivity index (χ3n) is 9.42. The van der Waals surface area contributed by atoms with Crippen molar-refractivity contribution in [2.75, 3.05) is 48.1 Å². The third-order valence-corrected chi connectivity index (χ3v) is 9.42. The van der Waals surface area contributed by atoms with Crippen molar-refractivity contribution < 1.29 is 57.9 Å². The fourth-order valence-electron chi connectivity index (χ4n) is 6.23. The van der Waals surface area contributed by atoms with Crippen LogP contribution >= 0.6 is 0 Å². The van der Waals surface area contributed by atoms with Crippen molar-refractivity contribution >= 4 is 35.7 Å². The van der Waals surface area contributed by atoms with Crippen LogP contribution < -0.4 is 40.2 Å². The van der Waals surface area contributed by atoms with E-state index in [0.29, 0.717) is 50.7 Å². The highest BCUT2D eigenvalue weighted by Gasteiger charge is 2.19. The summed E-state index contributed by atoms with van der Waals surface area (Å²) in [6.45, 7) is 1.04. The van der Waals surface area contributed by atoms with E-state index in [9.17, 15) is 34.2 Å². The van der Waals surface area contributed by atoms with Gasteiger partial charge in [0.15, 0.2) is 23.0 Å². The molecule has 0 unspecified atom stereocenters. The van der Waals surface area contributed by atoms with E-state index in [1.54, 1.807) is 61.5 Å². The maximum atomic E-state index is 13.0. The lowest BCUT2D eigenvalue weighted by Gasteiger charge is -2.16. The molecule has 0 atom stereocenters. The zero-order chi connectivity index (χ0) is 45.5. The molecule has 0 aliphatic heterocycles. The number of phenolic OH excluding ortho intramolecular Hbond substituents is 2. The Morgan fingerprint density at radius 3 is 1.48 bits per heavy atom. The number of pyridine rings is 1. The first-order chi connectivity index (χ1) is 30.4. The number of carbonyl (C=O) groups is 5. The van der Waals surface area contributed by atoms with Crippen LogP contribution in [0.1, 0.15) is 44.3 Å². The van der Waals surface area contributed by atoms with Crippen LogP contribution in [0, 0.1) is 0 Å². The fraction of sp³-hybridized carbons (Fsp3) is 0.217. The minimum Gasteiger partial charge on any atom is -0.504 e. The van der Waals surface area contributed by atoms with Gasteiger partial charge >= 0.3 is 5.97 Å². The quantitative estimate of drug-likeness (QED) is 0.0496. The van der Waals surface area contributed by atoms with Crippen molar-refractivity contribution in [3.05, 3.63) is 119 Å². The monoisotopic (exact) mass is 861 g/mol. The standard InChI is InChI=1S/C46H47N5O12/c1-6-63-42(54)18-13-27-19-36(32-16-14-30(59-2)21-28(32)23-47-40(52)25-49-45(57)34-9-7-11-38(61-4)43(34)55)51-37(20-27)33-17-15-31(60-3)22-29(33)24-48-41(53)26-50-46(58)35-10-8-12-39(62-5)44(35)56/h7-22,55-56H,6,23-26H2,1-5H3,(H,47,52)(H,48,53)(H,49,57)(H,50,58)/b18-13+. The molecule has 17 nitrogen and oxygen atoms in total. The van der Waals surface area contributed by atoms with Crippen LogP contribution in [-0.4, -0.2) is 92.9 Å². The Morgan fingerprint density at radius 1 is 0.603 bits per heavy atom. The van der Waals surface area contributed by atoms with E-state index < -0.39 is 42.7 Å². The summed E-state index contributed by atoms with van der Waals surface area (Å²) >= 11 is 0. The van der Waals surface area contributed by atoms with Crippen LogP contribution in [0.4, 0.5) is 0 Å². The molecule has 0 aliphatic rings. The van der Waals surface area contributed by atoms with Gasteiger partial charge in [0.25, 0.3) is 11.8 Å². The Bertz CT molecular complexity index is 2370. The number of phenols is 2. The maximum Gasteiger partial charge on any atom is 0.330 e. The summed E-state index contributed by atoms with van der Waals surface area (Å²) in [5.74, 6) is -2.47. The molecule has 0 saturated heterocycles. The number of carbonyl (C=O) groups excluding carboxylic acids is 5. The van der Waals surface area contributed by atoms with Gasteiger partial charge in [-0.1, -0.05) is 12.1 Å². The number of rotatable bonds is 19. The Kier molecular flexibility index (Phi) is 16.0. The number of esters is 1. The molecule has 0 aliphatic carbocycles. The summed E-state index contributed by atoms with van der Waals surface area (Å²) in [6.07, 6.45) is 2.87. The van der Waals surface area contributed by atoms with Crippen molar-refractivity contribution in [2.45, 2.75) is 20.0 Å². The smallest absolute Gasteiger partial charge is 0.330 e. The van der Waals surface area contributed by atoms with E-state index in [1.807, 2.05) is 0 Å². The second kappa shape index (κ2) is 22.0. The van der Waals surface area contributed by atoms with Crippen LogP contribution in [0.2, 0.25) is 0 Å². The van der Waals surface area contributed by atoms with Crippen LogP contribution in [0.25, 0.3) is 28.6 Å². The molecule has 0 radical (unpaired) electrons. The lowest BCUT2D eigenvalue weighted by Crippen LogP contribution is -2.36. The second-order valence-electron chi connectivity index (χ2n) is 13.4. The summed E-state index contributed by atoms with van der Waals surface area (Å²) in [5, 5.41) is 31.3. The highest BCUT2D eigenvalue weighted by atomic mass is 16.5. The highest BCUT2D eigenvalue weighted by Crippen LogP contribution is 2.34. The van der Waals surface area contributed by atoms with Gasteiger partial charge in [0, 0.05) is 30.3 Å². The first-order valence-electron chi connectivity index (χ1n) is 19.4. The van der Waals surface area contributed by atoms with Crippen LogP contribution in [-0.2, 0) is 32.2 Å². The fourth-order valence-corrected chi connectivity index (χ4v) is 6.23. The molecule has 63 heavy (non-hydrogen) atoms. The molecule has 0 bridgehead atoms. The van der Waals surface area contributed by atoms with Gasteiger partial charge in [0.05, 0.1) is 70.7 Å². The van der Waals surface area contributed by atoms with Crippen LogP contribution in [0.15, 0.2) is 91.0 Å². The maximum absolute atomic E-state index is 13.0. The van der Waals surface area contributed by atoms with Crippen molar-refractivity contribution in [1.82, 2.24) is 26.3 Å². The summed E-state index contributed by atoms with van der Waals surface area (Å²) in [4.78, 5) is 69.1. The summed E-state index contributed by atoms with van der Waals surface area (Å²) in [5.41, 5.74) is 3.70. The average Bonchev–Trinajstić information content (AvgIpc) is 3.30. The number of nitrogens with zero attached hydrogens (tertiary/aromatic N) is 1. The molecule has 1 aromatic heterocycles. The van der Waals surface area contributed by atoms with Crippen molar-refractivity contribution in [2.24, 2.45) is 0 Å². The number of hydrogen-bond acceptors (Lipinski definition) is 13. The van der Waals surface area contributed by atoms with Gasteiger partial charge in [-0.3, -0.25) is 19.2 Å². The SMILES string of the molecule is CCOC(=O)/C=C/c1cc(-c2ccc(OC)cc2CNC(=O)CNC(=O)c2cccc(OC)c2O)nc(-c2ccc(OC)cc2CNC(=O)CNC(=O)c2cccc(OC)c2O)c1. The minimum absolute atomic E-state index is 0.0145. The second-order valence-corrected chi connectivity index (χ2v) is 13.4. The Morgan fingerprint density at radius 2 is 1.06 bits per heavy atom. The number of benzene rings is 4. The van der Waals surface area contributed by atoms with Crippen molar-refractivity contribution in [3.8, 4) is 57.0 Å². The van der Waals surface area contributed by atoms with E-state index in [-0.39, 0.29) is 53.8 Å². The number of aromatic nitrogens is 1. The Hall–Kier alpha value is -8.08. The lowest BCUT2D eigenvalue weighted by molar-refractivity contribution is -0.137. The molecule has 4 aromatic carbocycles. The number of ether oxygens (including phenoxy) is 5. The summed E-state index contributed by atoms with van der Waals surface area (Å²) in [7, 11) is 5.72. The predicted molar refractivity (Wildman–Crippen MR) is 232 cm³/mol. The average molecular weight is 862 g/mol. The number of amides is 4. The summed E-state index contributed by atoms with van der Waals surface area (Å²) < 4.78 is 26.2. The predicted octanol–water partition coefficient (Wildman–Crippen LogP) is 4.53. The van der Waals surface area contributed by atoms with Crippen molar-refractivity contribution in [3.63, 3.8) is 0 Å². The van der Waals surface area contributed by atoms with Gasteiger partial charge in [-0.25, -0.2) is 9.78 Å². The van der Waals surface area contributed by atoms with Gasteiger partial charge in [-0.05, 0) is 102 Å². The van der Waals surface area contributed by atoms with E-state index in [4.69, 9.17) is 28.7 Å². The molecule has 6 N–H and O–H groups in total. The lowest BCUT2D eigenvalue weighted by atomic mass is 9.98. The minimum atomic E-state index is -0.678. The molecule has 5 aromatic rings. The molecule has 0 spiro atoms. The van der Waals surface area contributed by atoms with Crippen molar-refractivity contribution in [1.29, 1.82) is 0 Å². The van der Waals surface area contributed by atoms with E-state index >= 15 is 0 Å². The normalized spacial score (nSPS) is 10.7. The van der Waals surface area contributed by atoms with E-state index in [0.717, 1.165) is 0 Å². The topological polar surface area (TPSA) is 233 Å². The zero-order valence-corrected chi connectivity index (χ0v) is 35.2. The summed E-state index contributed by atoms with van der Waals surface area (Å²) in [6, 6.07) is 22.8. The van der Waals surface area contributed by atoms with Crippen LogP contribution in [0.3, 0.4) is 0 Å². The zero-order valence-electron chi connectivity index (χ0n) is 35.2. The van der Waals surface area contributed by atoms with E-state index in [2.05, 4.69) is 21.3 Å². The number of aromatic hydroxyl groups is 2. The first kappa shape index (κ1) is 46.0. The molecule has 1 heterocycles. The Labute approximate surface area is 363 Å². The molecular weight excluding hydrogens is 815 g/mol. The highest BCUT2D eigenvalue weighted by molar-refractivity contribution is 6.00. The Balaban J connectivity index is 1.42. The number of nitrogens with one attached hydrogen (secondary N) is 4. The molecule has 17 heteroatoms. The van der Waals surface area contributed by atoms with E-state index in [1.165, 1.54) is 70.9 Å².